The van der Waals surface area contributed by atoms with Gasteiger partial charge in [0.2, 0.25) is 17.2 Å². The number of hydrogen-bond donors (Lipinski definition) is 0. The molecule has 2 rings (SSSR count). The number of hydrogen-bond acceptors (Lipinski definition) is 7. The molecule has 108 valence electrons. The fraction of sp³-hybridized carbons (Fsp3) is 0.667. The molecule has 1 aromatic heterocycles. The highest BCUT2D eigenvalue weighted by Gasteiger charge is 2.47. The predicted octanol–water partition coefficient (Wildman–Crippen LogP) is 2.16. The van der Waals surface area contributed by atoms with Crippen LogP contribution in [-0.2, 0) is 0 Å². The van der Waals surface area contributed by atoms with Gasteiger partial charge in [0.25, 0.3) is 0 Å². The van der Waals surface area contributed by atoms with Gasteiger partial charge in [-0.1, -0.05) is 0 Å². The summed E-state index contributed by atoms with van der Waals surface area (Å²) >= 11 is 7.70. The molecule has 6 nitrogen and oxygen atoms in total. The lowest BCUT2D eigenvalue weighted by atomic mass is 10.0. The highest BCUT2D eigenvalue weighted by atomic mass is 35.5. The van der Waals surface area contributed by atoms with Crippen LogP contribution in [0.2, 0.25) is 5.28 Å². The van der Waals surface area contributed by atoms with E-state index in [4.69, 9.17) is 11.6 Å². The van der Waals surface area contributed by atoms with E-state index in [1.54, 1.807) is 16.7 Å². The second kappa shape index (κ2) is 5.26. The number of aromatic nitrogens is 3. The molecule has 2 heterocycles. The number of thioether (sulfide) groups is 1. The van der Waals surface area contributed by atoms with Crippen molar-refractivity contribution < 1.29 is 0 Å². The highest BCUT2D eigenvalue weighted by Crippen LogP contribution is 2.45. The molecule has 1 aliphatic rings. The monoisotopic (exact) mass is 312 g/mol. The van der Waals surface area contributed by atoms with E-state index in [1.165, 1.54) is 0 Å². The van der Waals surface area contributed by atoms with Crippen molar-refractivity contribution in [2.45, 2.75) is 36.9 Å². The maximum Gasteiger partial charge on any atom is 0.233 e. The fourth-order valence-electron chi connectivity index (χ4n) is 2.25. The Labute approximate surface area is 128 Å². The molecule has 0 bridgehead atoms. The Morgan fingerprint density at radius 2 is 2.00 bits per heavy atom. The zero-order chi connectivity index (χ0) is 15.1. The molecule has 0 radical (unpaired) electrons. The van der Waals surface area contributed by atoms with Gasteiger partial charge in [0.1, 0.15) is 6.04 Å². The SMILES string of the molecule is CC1SC(C)(C)C(C#N)N1c1nc(Cl)nc(N(C)C)n1. The van der Waals surface area contributed by atoms with Crippen molar-refractivity contribution in [3.63, 3.8) is 0 Å². The van der Waals surface area contributed by atoms with Crippen LogP contribution in [0.25, 0.3) is 0 Å². The van der Waals surface area contributed by atoms with Gasteiger partial charge in [-0.05, 0) is 32.4 Å². The van der Waals surface area contributed by atoms with Gasteiger partial charge in [-0.3, -0.25) is 0 Å². The van der Waals surface area contributed by atoms with E-state index in [-0.39, 0.29) is 21.4 Å². The van der Waals surface area contributed by atoms with Gasteiger partial charge in [-0.25, -0.2) is 0 Å². The lowest BCUT2D eigenvalue weighted by Crippen LogP contribution is -2.42. The van der Waals surface area contributed by atoms with Crippen molar-refractivity contribution in [1.29, 1.82) is 5.26 Å². The normalized spacial score (nSPS) is 24.6. The summed E-state index contributed by atoms with van der Waals surface area (Å²) in [6.07, 6.45) is 0. The Balaban J connectivity index is 2.48. The Morgan fingerprint density at radius 1 is 1.35 bits per heavy atom. The third kappa shape index (κ3) is 2.63. The summed E-state index contributed by atoms with van der Waals surface area (Å²) in [5, 5.41) is 9.72. The van der Waals surface area contributed by atoms with Crippen LogP contribution in [0.3, 0.4) is 0 Å². The van der Waals surface area contributed by atoms with Crippen LogP contribution in [-0.4, -0.2) is 45.2 Å². The molecule has 0 aromatic carbocycles. The molecule has 1 saturated heterocycles. The van der Waals surface area contributed by atoms with Crippen LogP contribution >= 0.6 is 23.4 Å². The summed E-state index contributed by atoms with van der Waals surface area (Å²) < 4.78 is -0.189. The predicted molar refractivity (Wildman–Crippen MR) is 82.2 cm³/mol. The highest BCUT2D eigenvalue weighted by molar-refractivity contribution is 8.01. The fourth-order valence-corrected chi connectivity index (χ4v) is 3.90. The van der Waals surface area contributed by atoms with Gasteiger partial charge in [0, 0.05) is 18.8 Å². The van der Waals surface area contributed by atoms with Gasteiger partial charge in [-0.15, -0.1) is 11.8 Å². The van der Waals surface area contributed by atoms with E-state index in [0.29, 0.717) is 11.9 Å². The Bertz CT molecular complexity index is 555. The molecule has 1 fully saturated rings. The number of nitrogens with zero attached hydrogens (tertiary/aromatic N) is 6. The minimum atomic E-state index is -0.309. The first kappa shape index (κ1) is 15.1. The lowest BCUT2D eigenvalue weighted by molar-refractivity contribution is 0.599. The summed E-state index contributed by atoms with van der Waals surface area (Å²) in [5.41, 5.74) is 0. The van der Waals surface area contributed by atoms with E-state index in [1.807, 2.05) is 25.9 Å². The Hall–Kier alpha value is -1.26. The van der Waals surface area contributed by atoms with Gasteiger partial charge >= 0.3 is 0 Å². The molecule has 2 atom stereocenters. The summed E-state index contributed by atoms with van der Waals surface area (Å²) in [6, 6.07) is 2.04. The quantitative estimate of drug-likeness (QED) is 0.828. The lowest BCUT2D eigenvalue weighted by Gasteiger charge is -2.27. The first-order chi connectivity index (χ1) is 9.26. The second-order valence-corrected chi connectivity index (χ2v) is 7.67. The summed E-state index contributed by atoms with van der Waals surface area (Å²) in [4.78, 5) is 16.3. The van der Waals surface area contributed by atoms with Crippen LogP contribution in [0.5, 0.6) is 0 Å². The first-order valence-electron chi connectivity index (χ1n) is 6.21. The van der Waals surface area contributed by atoms with E-state index in [9.17, 15) is 5.26 Å². The molecular weight excluding hydrogens is 296 g/mol. The van der Waals surface area contributed by atoms with Crippen molar-refractivity contribution in [2.24, 2.45) is 0 Å². The topological polar surface area (TPSA) is 68.9 Å². The zero-order valence-electron chi connectivity index (χ0n) is 12.1. The summed E-state index contributed by atoms with van der Waals surface area (Å²) in [6.45, 7) is 6.15. The van der Waals surface area contributed by atoms with Gasteiger partial charge in [0.15, 0.2) is 0 Å². The van der Waals surface area contributed by atoms with E-state index in [2.05, 4.69) is 34.9 Å². The third-order valence-corrected chi connectivity index (χ3v) is 4.71. The van der Waals surface area contributed by atoms with Crippen LogP contribution < -0.4 is 9.80 Å². The molecule has 2 unspecified atom stereocenters. The third-order valence-electron chi connectivity index (χ3n) is 3.14. The molecule has 1 aromatic rings. The molecule has 1 aliphatic heterocycles. The molecule has 8 heteroatoms. The minimum absolute atomic E-state index is 0.100. The maximum absolute atomic E-state index is 9.48. The number of nitriles is 1. The number of halogens is 1. The van der Waals surface area contributed by atoms with Crippen LogP contribution in [0.4, 0.5) is 11.9 Å². The zero-order valence-corrected chi connectivity index (χ0v) is 13.7. The molecule has 0 N–H and O–H groups in total. The Kier molecular flexibility index (Phi) is 3.98. The molecule has 0 aliphatic carbocycles. The van der Waals surface area contributed by atoms with Crippen molar-refractivity contribution >= 4 is 35.3 Å². The van der Waals surface area contributed by atoms with Crippen molar-refractivity contribution in [2.75, 3.05) is 23.9 Å². The second-order valence-electron chi connectivity index (χ2n) is 5.36. The average molecular weight is 313 g/mol. The van der Waals surface area contributed by atoms with E-state index in [0.717, 1.165) is 0 Å². The standard InChI is InChI=1S/C12H17ClN6S/c1-7-19(8(6-14)12(2,3)20-7)11-16-9(13)15-10(17-11)18(4)5/h7-8H,1-5H3. The van der Waals surface area contributed by atoms with Crippen molar-refractivity contribution in [3.05, 3.63) is 5.28 Å². The maximum atomic E-state index is 9.48. The molecule has 0 amide bonds. The van der Waals surface area contributed by atoms with Crippen LogP contribution in [0.1, 0.15) is 20.8 Å². The van der Waals surface area contributed by atoms with Crippen LogP contribution in [0, 0.1) is 11.3 Å². The van der Waals surface area contributed by atoms with E-state index < -0.39 is 0 Å². The smallest absolute Gasteiger partial charge is 0.233 e. The molecule has 0 spiro atoms. The largest absolute Gasteiger partial charge is 0.347 e. The number of rotatable bonds is 2. The number of anilines is 2. The summed E-state index contributed by atoms with van der Waals surface area (Å²) in [5.74, 6) is 0.935. The minimum Gasteiger partial charge on any atom is -0.347 e. The average Bonchev–Trinajstić information content (AvgIpc) is 2.56. The van der Waals surface area contributed by atoms with Gasteiger partial charge < -0.3 is 9.80 Å². The van der Waals surface area contributed by atoms with Crippen LogP contribution in [0.15, 0.2) is 0 Å². The first-order valence-corrected chi connectivity index (χ1v) is 7.46. The molecular formula is C12H17ClN6S. The molecule has 20 heavy (non-hydrogen) atoms. The van der Waals surface area contributed by atoms with Gasteiger partial charge in [0.05, 0.1) is 11.4 Å². The van der Waals surface area contributed by atoms with E-state index >= 15 is 0 Å². The van der Waals surface area contributed by atoms with Crippen molar-refractivity contribution in [1.82, 2.24) is 15.0 Å². The van der Waals surface area contributed by atoms with Gasteiger partial charge in [-0.2, -0.15) is 20.2 Å². The molecule has 0 saturated carbocycles. The van der Waals surface area contributed by atoms with Crippen molar-refractivity contribution in [3.8, 4) is 6.07 Å². The summed E-state index contributed by atoms with van der Waals surface area (Å²) in [7, 11) is 3.67. The Morgan fingerprint density at radius 3 is 2.55 bits per heavy atom.